The monoisotopic (exact) mass is 582 g/mol. The average molecular weight is 584 g/mol. The van der Waals surface area contributed by atoms with Crippen molar-refractivity contribution in [1.29, 1.82) is 0 Å². The van der Waals surface area contributed by atoms with Crippen molar-refractivity contribution < 1.29 is 23.1 Å². The molecule has 2 aromatic rings. The molecule has 1 saturated heterocycles. The summed E-state index contributed by atoms with van der Waals surface area (Å²) in [6.07, 6.45) is -0.135. The summed E-state index contributed by atoms with van der Waals surface area (Å²) >= 11 is 12.6. The zero-order chi connectivity index (χ0) is 28.6. The number of aliphatic carboxylic acids is 1. The fourth-order valence-corrected chi connectivity index (χ4v) is 7.00. The normalized spacial score (nSPS) is 23.5. The van der Waals surface area contributed by atoms with Gasteiger partial charge in [0.1, 0.15) is 0 Å². The molecule has 38 heavy (non-hydrogen) atoms. The van der Waals surface area contributed by atoms with Crippen LogP contribution in [-0.4, -0.2) is 60.5 Å². The predicted octanol–water partition coefficient (Wildman–Crippen LogP) is 5.84. The molecule has 10 heteroatoms. The van der Waals surface area contributed by atoms with Crippen molar-refractivity contribution in [3.63, 3.8) is 0 Å². The van der Waals surface area contributed by atoms with Gasteiger partial charge in [-0.1, -0.05) is 75.2 Å². The van der Waals surface area contributed by atoms with Crippen LogP contribution in [0.5, 0.6) is 0 Å². The molecule has 3 rings (SSSR count). The second-order valence-electron chi connectivity index (χ2n) is 11.6. The third-order valence-corrected chi connectivity index (χ3v) is 9.73. The number of hydrogen-bond donors (Lipinski definition) is 1. The Morgan fingerprint density at radius 2 is 1.71 bits per heavy atom. The smallest absolute Gasteiger partial charge is 0.304 e. The summed E-state index contributed by atoms with van der Waals surface area (Å²) in [6.45, 7) is 7.35. The van der Waals surface area contributed by atoms with Crippen LogP contribution in [0.3, 0.4) is 0 Å². The number of sulfonamides is 1. The third kappa shape index (κ3) is 6.53. The molecular weight excluding hydrogens is 547 g/mol. The van der Waals surface area contributed by atoms with Gasteiger partial charge in [0.15, 0.2) is 0 Å². The summed E-state index contributed by atoms with van der Waals surface area (Å²) in [4.78, 5) is 28.1. The summed E-state index contributed by atoms with van der Waals surface area (Å²) < 4.78 is 27.6. The molecular formula is C28H36Cl2N2O5S. The van der Waals surface area contributed by atoms with Crippen LogP contribution in [0.25, 0.3) is 0 Å². The zero-order valence-corrected chi connectivity index (χ0v) is 24.9. The summed E-state index contributed by atoms with van der Waals surface area (Å²) in [5.74, 6) is -2.15. The highest BCUT2D eigenvalue weighted by Gasteiger charge is 2.54. The lowest BCUT2D eigenvalue weighted by molar-refractivity contribution is -0.162. The molecule has 4 atom stereocenters. The van der Waals surface area contributed by atoms with Crippen LogP contribution in [0, 0.1) is 10.8 Å². The van der Waals surface area contributed by atoms with Crippen molar-refractivity contribution in [3.8, 4) is 0 Å². The quantitative estimate of drug-likeness (QED) is 0.422. The number of halogens is 2. The summed E-state index contributed by atoms with van der Waals surface area (Å²) in [6, 6.07) is 13.1. The molecule has 0 unspecified atom stereocenters. The Bertz CT molecular complexity index is 1290. The van der Waals surface area contributed by atoms with Crippen molar-refractivity contribution in [3.05, 3.63) is 69.7 Å². The van der Waals surface area contributed by atoms with Gasteiger partial charge in [0.25, 0.3) is 0 Å². The molecule has 0 bridgehead atoms. The molecule has 1 amide bonds. The lowest BCUT2D eigenvalue weighted by atomic mass is 9.66. The Balaban J connectivity index is 2.35. The van der Waals surface area contributed by atoms with E-state index in [1.54, 1.807) is 30.0 Å². The van der Waals surface area contributed by atoms with Gasteiger partial charge >= 0.3 is 5.97 Å². The largest absolute Gasteiger partial charge is 0.481 e. The first-order valence-electron chi connectivity index (χ1n) is 12.4. The molecule has 1 heterocycles. The second-order valence-corrected chi connectivity index (χ2v) is 14.7. The topological polar surface area (TPSA) is 95.0 Å². The first-order valence-corrected chi connectivity index (χ1v) is 14.8. The Hall–Kier alpha value is -2.13. The summed E-state index contributed by atoms with van der Waals surface area (Å²) in [7, 11) is -0.803. The first kappa shape index (κ1) is 30.4. The minimum absolute atomic E-state index is 0.250. The number of carboxylic acid groups (broad SMARTS) is 1. The highest BCUT2D eigenvalue weighted by Crippen LogP contribution is 2.53. The van der Waals surface area contributed by atoms with Gasteiger partial charge in [-0.25, -0.2) is 12.7 Å². The SMILES string of the molecule is CN(C)S(=O)(=O)C[C@@H](N1C(=O)[C@@](C)(CC(=O)O)C[C@H](c2cccc(Cl)c2)[C@H]1c1ccc(Cl)cc1)C(C)(C)C. The minimum Gasteiger partial charge on any atom is -0.481 e. The number of hydrogen-bond acceptors (Lipinski definition) is 4. The average Bonchev–Trinajstić information content (AvgIpc) is 2.79. The molecule has 1 aliphatic rings. The van der Waals surface area contributed by atoms with Crippen molar-refractivity contribution in [2.45, 2.75) is 58.5 Å². The van der Waals surface area contributed by atoms with Crippen LogP contribution in [0.4, 0.5) is 0 Å². The standard InChI is InChI=1S/C28H36Cl2N2O5S/c1-27(2,3)23(17-38(36,37)31(5)6)32-25(18-10-12-20(29)13-11-18)22(19-8-7-9-21(30)14-19)15-28(4,26(32)35)16-24(33)34/h7-14,22-23,25H,15-17H2,1-6H3,(H,33,34)/t22-,23-,25-,28-/m1/s1. The van der Waals surface area contributed by atoms with E-state index in [1.807, 2.05) is 51.1 Å². The summed E-state index contributed by atoms with van der Waals surface area (Å²) in [5.41, 5.74) is -0.312. The van der Waals surface area contributed by atoms with Crippen molar-refractivity contribution >= 4 is 45.1 Å². The summed E-state index contributed by atoms with van der Waals surface area (Å²) in [5, 5.41) is 10.8. The van der Waals surface area contributed by atoms with E-state index in [2.05, 4.69) is 0 Å². The molecule has 0 saturated carbocycles. The van der Waals surface area contributed by atoms with Crippen LogP contribution in [-0.2, 0) is 19.6 Å². The molecule has 1 N–H and O–H groups in total. The molecule has 1 fully saturated rings. The van der Waals surface area contributed by atoms with E-state index in [0.29, 0.717) is 10.0 Å². The zero-order valence-electron chi connectivity index (χ0n) is 22.6. The van der Waals surface area contributed by atoms with Gasteiger partial charge in [-0.2, -0.15) is 0 Å². The number of benzene rings is 2. The highest BCUT2D eigenvalue weighted by atomic mass is 35.5. The van der Waals surface area contributed by atoms with Gasteiger partial charge in [0, 0.05) is 30.1 Å². The van der Waals surface area contributed by atoms with E-state index in [-0.39, 0.29) is 30.4 Å². The van der Waals surface area contributed by atoms with Crippen molar-refractivity contribution in [2.24, 2.45) is 10.8 Å². The molecule has 0 radical (unpaired) electrons. The molecule has 1 aliphatic heterocycles. The number of carboxylic acids is 1. The van der Waals surface area contributed by atoms with E-state index in [4.69, 9.17) is 23.2 Å². The van der Waals surface area contributed by atoms with Gasteiger partial charge in [0.05, 0.1) is 29.7 Å². The maximum Gasteiger partial charge on any atom is 0.304 e. The molecule has 2 aromatic carbocycles. The fourth-order valence-electron chi connectivity index (χ4n) is 5.32. The third-order valence-electron chi connectivity index (χ3n) is 7.39. The Morgan fingerprint density at radius 1 is 1.11 bits per heavy atom. The minimum atomic E-state index is -3.73. The fraction of sp³-hybridized carbons (Fsp3) is 0.500. The van der Waals surface area contributed by atoms with E-state index < -0.39 is 38.9 Å². The van der Waals surface area contributed by atoms with Crippen LogP contribution in [0.1, 0.15) is 63.6 Å². The second kappa shape index (κ2) is 11.2. The van der Waals surface area contributed by atoms with Gasteiger partial charge in [-0.05, 0) is 47.2 Å². The molecule has 0 aliphatic carbocycles. The van der Waals surface area contributed by atoms with E-state index in [1.165, 1.54) is 14.1 Å². The first-order chi connectivity index (χ1) is 17.5. The lowest BCUT2D eigenvalue weighted by Crippen LogP contribution is -2.61. The van der Waals surface area contributed by atoms with E-state index in [0.717, 1.165) is 15.4 Å². The maximum absolute atomic E-state index is 14.4. The number of piperidine rings is 1. The van der Waals surface area contributed by atoms with Gasteiger partial charge in [-0.15, -0.1) is 0 Å². The van der Waals surface area contributed by atoms with Gasteiger partial charge in [0.2, 0.25) is 15.9 Å². The van der Waals surface area contributed by atoms with Crippen LogP contribution < -0.4 is 0 Å². The number of carbonyl (C=O) groups is 2. The number of amides is 1. The van der Waals surface area contributed by atoms with Crippen LogP contribution >= 0.6 is 23.2 Å². The van der Waals surface area contributed by atoms with Gasteiger partial charge in [-0.3, -0.25) is 9.59 Å². The van der Waals surface area contributed by atoms with E-state index in [9.17, 15) is 23.1 Å². The molecule has 0 spiro atoms. The number of nitrogens with zero attached hydrogens (tertiary/aromatic N) is 2. The predicted molar refractivity (Wildman–Crippen MR) is 151 cm³/mol. The Labute approximate surface area is 235 Å². The van der Waals surface area contributed by atoms with Crippen LogP contribution in [0.2, 0.25) is 10.0 Å². The number of rotatable bonds is 8. The van der Waals surface area contributed by atoms with Crippen LogP contribution in [0.15, 0.2) is 48.5 Å². The lowest BCUT2D eigenvalue weighted by Gasteiger charge is -2.54. The Kier molecular flexibility index (Phi) is 8.93. The molecule has 208 valence electrons. The van der Waals surface area contributed by atoms with Gasteiger partial charge < -0.3 is 10.0 Å². The highest BCUT2D eigenvalue weighted by molar-refractivity contribution is 7.89. The maximum atomic E-state index is 14.4. The van der Waals surface area contributed by atoms with Crippen molar-refractivity contribution in [1.82, 2.24) is 9.21 Å². The van der Waals surface area contributed by atoms with E-state index >= 15 is 0 Å². The van der Waals surface area contributed by atoms with Crippen molar-refractivity contribution in [2.75, 3.05) is 19.8 Å². The molecule has 7 nitrogen and oxygen atoms in total. The Morgan fingerprint density at radius 3 is 2.21 bits per heavy atom. The number of likely N-dealkylation sites (tertiary alicyclic amines) is 1. The number of carbonyl (C=O) groups excluding carboxylic acids is 1. The molecule has 0 aromatic heterocycles.